The van der Waals surface area contributed by atoms with E-state index < -0.39 is 5.97 Å². The maximum absolute atomic E-state index is 10.7. The molecule has 2 heterocycles. The lowest BCUT2D eigenvalue weighted by atomic mass is 10.1. The van der Waals surface area contributed by atoms with Crippen LogP contribution < -0.4 is 4.57 Å². The first-order valence-electron chi connectivity index (χ1n) is 10.8. The normalized spacial score (nSPS) is 11.8. The highest BCUT2D eigenvalue weighted by Crippen LogP contribution is 2.32. The lowest BCUT2D eigenvalue weighted by Crippen LogP contribution is -2.35. The Hall–Kier alpha value is -2.59. The first-order valence-corrected chi connectivity index (χ1v) is 11.7. The summed E-state index contributed by atoms with van der Waals surface area (Å²) in [7, 11) is 0. The fraction of sp³-hybridized carbons (Fsp3) is 0.391. The second kappa shape index (κ2) is 10.4. The number of carboxylic acid groups (broad SMARTS) is 1. The number of nitrogens with zero attached hydrogens (tertiary/aromatic N) is 2. The Morgan fingerprint density at radius 1 is 1.12 bits per heavy atom. The number of aliphatic carboxylic acids is 1. The minimum absolute atomic E-state index is 0.216. The molecule has 4 aromatic rings. The summed E-state index contributed by atoms with van der Waals surface area (Å²) < 4.78 is 15.1. The maximum atomic E-state index is 10.7. The van der Waals surface area contributed by atoms with Crippen LogP contribution in [0.15, 0.2) is 40.8 Å². The van der Waals surface area contributed by atoms with E-state index in [1.165, 1.54) is 10.8 Å². The smallest absolute Gasteiger partial charge is 0.344 e. The highest BCUT2D eigenvalue weighted by atomic mass is 32.2. The van der Waals surface area contributed by atoms with Crippen LogP contribution in [0.1, 0.15) is 38.0 Å². The summed E-state index contributed by atoms with van der Waals surface area (Å²) in [4.78, 5) is 10.7. The number of fused-ring (bicyclic) bond motifs is 4. The van der Waals surface area contributed by atoms with Crippen LogP contribution in [-0.2, 0) is 27.3 Å². The van der Waals surface area contributed by atoms with Gasteiger partial charge in [-0.1, -0.05) is 23.2 Å². The number of para-hydroxylation sites is 1. The first-order chi connectivity index (χ1) is 15.6. The van der Waals surface area contributed by atoms with E-state index >= 15 is 0 Å². The molecule has 2 aromatic heterocycles. The summed E-state index contributed by atoms with van der Waals surface area (Å²) in [5, 5.41) is 23.1. The van der Waals surface area contributed by atoms with Crippen molar-refractivity contribution in [2.45, 2.75) is 52.1 Å². The molecule has 0 fully saturated rings. The average molecular weight is 460 g/mol. The van der Waals surface area contributed by atoms with Gasteiger partial charge >= 0.3 is 11.9 Å². The van der Waals surface area contributed by atoms with Crippen molar-refractivity contribution in [1.29, 1.82) is 0 Å². The van der Waals surface area contributed by atoms with Crippen molar-refractivity contribution in [2.75, 3.05) is 5.75 Å². The van der Waals surface area contributed by atoms with Gasteiger partial charge in [0.25, 0.3) is 5.52 Å². The monoisotopic (exact) mass is 459 g/mol. The highest BCUT2D eigenvalue weighted by molar-refractivity contribution is 7.94. The predicted molar refractivity (Wildman–Crippen MR) is 122 cm³/mol. The van der Waals surface area contributed by atoms with Gasteiger partial charge in [-0.15, -0.1) is 4.33 Å². The van der Waals surface area contributed by atoms with Gasteiger partial charge < -0.3 is 14.1 Å². The van der Waals surface area contributed by atoms with Crippen LogP contribution in [0.4, 0.5) is 0 Å². The second-order valence-electron chi connectivity index (χ2n) is 7.80. The summed E-state index contributed by atoms with van der Waals surface area (Å²) in [6.07, 6.45) is 3.53. The van der Waals surface area contributed by atoms with Crippen LogP contribution in [0.2, 0.25) is 0 Å². The SMILES string of the molecule is Cc1oc2cc3c(cc2[n+]1CCCCCC(=O)O)c1ccccc1n3CCCSOOO. The van der Waals surface area contributed by atoms with Gasteiger partial charge in [0, 0.05) is 65.6 Å². The number of oxazole rings is 1. The standard InChI is InChI=1S/C23H26N2O6S/c1-16-24(11-6-2-3-10-23(26)27)21-14-18-17-8-4-5-9-19(17)25(12-7-13-32-31-30-28)20(18)15-22(21)29-16/h4-5,8-9,14-15H,2-3,6-7,10-13H2,1H3,(H-,26,27,28)/p+1. The van der Waals surface area contributed by atoms with Crippen LogP contribution in [-0.4, -0.2) is 26.7 Å². The number of benzene rings is 2. The Morgan fingerprint density at radius 3 is 2.78 bits per heavy atom. The van der Waals surface area contributed by atoms with Crippen molar-refractivity contribution in [3.63, 3.8) is 0 Å². The molecule has 0 aliphatic carbocycles. The number of carboxylic acids is 1. The Bertz CT molecular complexity index is 1230. The Kier molecular flexibility index (Phi) is 7.31. The number of aryl methyl sites for hydroxylation is 3. The Balaban J connectivity index is 1.64. The van der Waals surface area contributed by atoms with Gasteiger partial charge in [0.05, 0.1) is 12.4 Å². The molecular weight excluding hydrogens is 432 g/mol. The van der Waals surface area contributed by atoms with Crippen molar-refractivity contribution in [3.05, 3.63) is 42.3 Å². The maximum Gasteiger partial charge on any atom is 0.344 e. The summed E-state index contributed by atoms with van der Waals surface area (Å²) >= 11 is 1.07. The molecule has 170 valence electrons. The van der Waals surface area contributed by atoms with Crippen LogP contribution >= 0.6 is 12.0 Å². The molecule has 32 heavy (non-hydrogen) atoms. The molecule has 2 N–H and O–H groups in total. The van der Waals surface area contributed by atoms with Gasteiger partial charge in [-0.05, 0) is 25.3 Å². The van der Waals surface area contributed by atoms with Crippen LogP contribution in [0.3, 0.4) is 0 Å². The van der Waals surface area contributed by atoms with Gasteiger partial charge in [0.15, 0.2) is 6.54 Å². The number of carbonyl (C=O) groups is 1. The number of hydrogen-bond acceptors (Lipinski definition) is 6. The number of unbranched alkanes of at least 4 members (excludes halogenated alkanes) is 2. The molecule has 9 heteroatoms. The molecule has 0 amide bonds. The van der Waals surface area contributed by atoms with E-state index in [9.17, 15) is 4.79 Å². The third kappa shape index (κ3) is 4.75. The lowest BCUT2D eigenvalue weighted by Gasteiger charge is -2.06. The van der Waals surface area contributed by atoms with E-state index in [2.05, 4.69) is 48.8 Å². The quantitative estimate of drug-likeness (QED) is 0.0983. The summed E-state index contributed by atoms with van der Waals surface area (Å²) in [5.74, 6) is 0.784. The fourth-order valence-corrected chi connectivity index (χ4v) is 4.68. The predicted octanol–water partition coefficient (Wildman–Crippen LogP) is 5.24. The van der Waals surface area contributed by atoms with Crippen molar-refractivity contribution in [2.24, 2.45) is 0 Å². The zero-order valence-electron chi connectivity index (χ0n) is 18.0. The van der Waals surface area contributed by atoms with E-state index in [0.29, 0.717) is 12.2 Å². The van der Waals surface area contributed by atoms with Crippen molar-refractivity contribution in [3.8, 4) is 0 Å². The van der Waals surface area contributed by atoms with E-state index in [0.717, 1.165) is 72.4 Å². The third-order valence-electron chi connectivity index (χ3n) is 5.74. The van der Waals surface area contributed by atoms with Gasteiger partial charge in [0.2, 0.25) is 5.58 Å². The van der Waals surface area contributed by atoms with Crippen LogP contribution in [0, 0.1) is 6.92 Å². The molecule has 2 aromatic carbocycles. The fourth-order valence-electron chi connectivity index (χ4n) is 4.32. The average Bonchev–Trinajstić information content (AvgIpc) is 3.25. The Morgan fingerprint density at radius 2 is 1.97 bits per heavy atom. The van der Waals surface area contributed by atoms with Crippen LogP contribution in [0.25, 0.3) is 32.9 Å². The third-order valence-corrected chi connectivity index (χ3v) is 6.35. The zero-order valence-corrected chi connectivity index (χ0v) is 18.8. The highest BCUT2D eigenvalue weighted by Gasteiger charge is 2.22. The van der Waals surface area contributed by atoms with Gasteiger partial charge in [0.1, 0.15) is 0 Å². The molecule has 0 saturated carbocycles. The zero-order chi connectivity index (χ0) is 22.5. The number of rotatable bonds is 12. The minimum atomic E-state index is -0.741. The molecule has 0 saturated heterocycles. The molecule has 0 aliphatic heterocycles. The van der Waals surface area contributed by atoms with Crippen molar-refractivity contribution in [1.82, 2.24) is 4.57 Å². The first kappa shape index (κ1) is 22.6. The van der Waals surface area contributed by atoms with Crippen molar-refractivity contribution >= 4 is 50.9 Å². The number of aromatic nitrogens is 2. The molecule has 0 unspecified atom stereocenters. The van der Waals surface area contributed by atoms with E-state index in [1.807, 2.05) is 13.0 Å². The molecule has 0 atom stereocenters. The second-order valence-corrected chi connectivity index (χ2v) is 8.58. The molecule has 0 aliphatic rings. The van der Waals surface area contributed by atoms with Gasteiger partial charge in [-0.25, -0.2) is 5.26 Å². The summed E-state index contributed by atoms with van der Waals surface area (Å²) in [5.41, 5.74) is 4.18. The lowest BCUT2D eigenvalue weighted by molar-refractivity contribution is -0.683. The van der Waals surface area contributed by atoms with Gasteiger partial charge in [-0.3, -0.25) is 4.79 Å². The van der Waals surface area contributed by atoms with E-state index in [4.69, 9.17) is 14.8 Å². The van der Waals surface area contributed by atoms with Crippen molar-refractivity contribution < 1.29 is 33.5 Å². The summed E-state index contributed by atoms with van der Waals surface area (Å²) in [6.45, 7) is 3.56. The largest absolute Gasteiger partial charge is 0.481 e. The summed E-state index contributed by atoms with van der Waals surface area (Å²) in [6, 6.07) is 12.7. The van der Waals surface area contributed by atoms with Gasteiger partial charge in [-0.2, -0.15) is 4.57 Å². The number of hydrogen-bond donors (Lipinski definition) is 2. The van der Waals surface area contributed by atoms with E-state index in [-0.39, 0.29) is 6.42 Å². The molecule has 4 rings (SSSR count). The topological polar surface area (TPSA) is 97.9 Å². The van der Waals surface area contributed by atoms with E-state index in [1.54, 1.807) is 0 Å². The molecule has 0 bridgehead atoms. The minimum Gasteiger partial charge on any atom is -0.481 e. The molecule has 8 nitrogen and oxygen atoms in total. The molecule has 0 radical (unpaired) electrons. The van der Waals surface area contributed by atoms with Crippen LogP contribution in [0.5, 0.6) is 0 Å². The molecule has 0 spiro atoms. The Labute approximate surface area is 189 Å². The molecular formula is C23H27N2O6S+.